The number of ether oxygens (including phenoxy) is 1. The average Bonchev–Trinajstić information content (AvgIpc) is 3.23. The molecule has 6 heteroatoms. The van der Waals surface area contributed by atoms with Gasteiger partial charge in [-0.15, -0.1) is 0 Å². The van der Waals surface area contributed by atoms with Crippen molar-refractivity contribution in [2.45, 2.75) is 45.0 Å². The van der Waals surface area contributed by atoms with Gasteiger partial charge in [0.1, 0.15) is 11.9 Å². The molecule has 1 aliphatic heterocycles. The van der Waals surface area contributed by atoms with E-state index in [1.54, 1.807) is 6.20 Å². The molecule has 1 aromatic heterocycles. The van der Waals surface area contributed by atoms with Crippen LogP contribution in [0.25, 0.3) is 0 Å². The molecule has 0 aliphatic carbocycles. The second kappa shape index (κ2) is 7.49. The van der Waals surface area contributed by atoms with Crippen LogP contribution in [0.5, 0.6) is 0 Å². The van der Waals surface area contributed by atoms with E-state index in [4.69, 9.17) is 4.74 Å². The molecule has 6 nitrogen and oxygen atoms in total. The average molecular weight is 328 g/mol. The summed E-state index contributed by atoms with van der Waals surface area (Å²) in [5.74, 6) is 0.872. The zero-order valence-corrected chi connectivity index (χ0v) is 14.1. The normalized spacial score (nSPS) is 21.4. The Morgan fingerprint density at radius 1 is 1.42 bits per heavy atom. The summed E-state index contributed by atoms with van der Waals surface area (Å²) >= 11 is 0. The van der Waals surface area contributed by atoms with E-state index in [0.717, 1.165) is 24.4 Å². The van der Waals surface area contributed by atoms with Gasteiger partial charge in [-0.25, -0.2) is 9.78 Å². The number of nitrogens with one attached hydrogen (secondary N) is 2. The maximum absolute atomic E-state index is 12.3. The fourth-order valence-electron chi connectivity index (χ4n) is 3.07. The summed E-state index contributed by atoms with van der Waals surface area (Å²) in [5.41, 5.74) is 1.08. The fourth-order valence-corrected chi connectivity index (χ4v) is 3.07. The number of amides is 2. The number of hydrogen-bond donors (Lipinski definition) is 2. The summed E-state index contributed by atoms with van der Waals surface area (Å²) in [4.78, 5) is 16.7. The highest BCUT2D eigenvalue weighted by atomic mass is 16.5. The third-order valence-electron chi connectivity index (χ3n) is 4.40. The Kier molecular flexibility index (Phi) is 5.15. The minimum absolute atomic E-state index is 0.0513. The first-order valence-corrected chi connectivity index (χ1v) is 8.43. The van der Waals surface area contributed by atoms with Crippen molar-refractivity contribution in [2.24, 2.45) is 0 Å². The monoisotopic (exact) mass is 328 g/mol. The van der Waals surface area contributed by atoms with Crippen molar-refractivity contribution < 1.29 is 9.53 Å². The predicted octanol–water partition coefficient (Wildman–Crippen LogP) is 2.79. The van der Waals surface area contributed by atoms with Crippen LogP contribution in [0.1, 0.15) is 43.8 Å². The molecule has 0 radical (unpaired) electrons. The summed E-state index contributed by atoms with van der Waals surface area (Å²) in [5, 5.41) is 6.03. The van der Waals surface area contributed by atoms with E-state index in [1.165, 1.54) is 0 Å². The van der Waals surface area contributed by atoms with E-state index in [-0.39, 0.29) is 24.2 Å². The molecule has 0 bridgehead atoms. The molecule has 0 unspecified atom stereocenters. The van der Waals surface area contributed by atoms with Gasteiger partial charge in [-0.1, -0.05) is 30.3 Å². The van der Waals surface area contributed by atoms with Crippen LogP contribution in [-0.2, 0) is 11.3 Å². The van der Waals surface area contributed by atoms with Crippen LogP contribution >= 0.6 is 0 Å². The van der Waals surface area contributed by atoms with E-state index < -0.39 is 0 Å². The molecule has 3 atom stereocenters. The number of urea groups is 1. The van der Waals surface area contributed by atoms with Gasteiger partial charge < -0.3 is 19.9 Å². The zero-order valence-electron chi connectivity index (χ0n) is 14.1. The van der Waals surface area contributed by atoms with Gasteiger partial charge in [0.25, 0.3) is 0 Å². The molecule has 128 valence electrons. The SMILES string of the molecule is CCn1ccnc1[C@H]1OCC[C@@H]1NC(=O)N[C@H](C)c1ccccc1. The van der Waals surface area contributed by atoms with Crippen LogP contribution in [0.2, 0.25) is 0 Å². The van der Waals surface area contributed by atoms with Gasteiger partial charge in [-0.3, -0.25) is 0 Å². The van der Waals surface area contributed by atoms with Crippen LogP contribution in [0.4, 0.5) is 4.79 Å². The number of hydrogen-bond acceptors (Lipinski definition) is 3. The molecular weight excluding hydrogens is 304 g/mol. The highest BCUT2D eigenvalue weighted by Gasteiger charge is 2.33. The quantitative estimate of drug-likeness (QED) is 0.887. The number of benzene rings is 1. The Hall–Kier alpha value is -2.34. The van der Waals surface area contributed by atoms with Crippen LogP contribution in [0.3, 0.4) is 0 Å². The van der Waals surface area contributed by atoms with E-state index >= 15 is 0 Å². The Morgan fingerprint density at radius 3 is 2.96 bits per heavy atom. The molecule has 2 aromatic rings. The largest absolute Gasteiger partial charge is 0.368 e. The van der Waals surface area contributed by atoms with Crippen molar-refractivity contribution in [3.63, 3.8) is 0 Å². The van der Waals surface area contributed by atoms with Gasteiger partial charge in [0, 0.05) is 25.5 Å². The molecule has 0 spiro atoms. The predicted molar refractivity (Wildman–Crippen MR) is 91.5 cm³/mol. The third-order valence-corrected chi connectivity index (χ3v) is 4.40. The number of carbonyl (C=O) groups excluding carboxylic acids is 1. The Balaban J connectivity index is 1.61. The molecule has 1 aromatic carbocycles. The Bertz CT molecular complexity index is 671. The van der Waals surface area contributed by atoms with E-state index in [2.05, 4.69) is 27.1 Å². The van der Waals surface area contributed by atoms with Gasteiger partial charge in [0.05, 0.1) is 12.1 Å². The number of imidazole rings is 1. The maximum Gasteiger partial charge on any atom is 0.315 e. The molecule has 1 fully saturated rings. The van der Waals surface area contributed by atoms with Crippen molar-refractivity contribution in [2.75, 3.05) is 6.61 Å². The van der Waals surface area contributed by atoms with Gasteiger partial charge in [0.15, 0.2) is 0 Å². The lowest BCUT2D eigenvalue weighted by Gasteiger charge is -2.22. The van der Waals surface area contributed by atoms with E-state index in [1.807, 2.05) is 43.5 Å². The number of nitrogens with zero attached hydrogens (tertiary/aromatic N) is 2. The second-order valence-electron chi connectivity index (χ2n) is 6.01. The lowest BCUT2D eigenvalue weighted by molar-refractivity contribution is 0.0901. The lowest BCUT2D eigenvalue weighted by atomic mass is 10.1. The molecule has 2 heterocycles. The van der Waals surface area contributed by atoms with Crippen molar-refractivity contribution in [1.82, 2.24) is 20.2 Å². The van der Waals surface area contributed by atoms with Crippen LogP contribution < -0.4 is 10.6 Å². The molecular formula is C18H24N4O2. The van der Waals surface area contributed by atoms with Crippen molar-refractivity contribution in [1.29, 1.82) is 0 Å². The smallest absolute Gasteiger partial charge is 0.315 e. The Morgan fingerprint density at radius 2 is 2.21 bits per heavy atom. The van der Waals surface area contributed by atoms with Gasteiger partial charge in [-0.05, 0) is 25.8 Å². The van der Waals surface area contributed by atoms with Crippen LogP contribution in [0, 0.1) is 0 Å². The molecule has 1 saturated heterocycles. The summed E-state index contributed by atoms with van der Waals surface area (Å²) in [6.45, 7) is 5.50. The highest BCUT2D eigenvalue weighted by Crippen LogP contribution is 2.28. The van der Waals surface area contributed by atoms with Crippen molar-refractivity contribution in [3.8, 4) is 0 Å². The first-order valence-electron chi connectivity index (χ1n) is 8.43. The van der Waals surface area contributed by atoms with Crippen molar-refractivity contribution in [3.05, 3.63) is 54.1 Å². The summed E-state index contributed by atoms with van der Waals surface area (Å²) in [7, 11) is 0. The van der Waals surface area contributed by atoms with Gasteiger partial charge in [0.2, 0.25) is 0 Å². The number of carbonyl (C=O) groups is 1. The zero-order chi connectivity index (χ0) is 16.9. The van der Waals surface area contributed by atoms with Crippen molar-refractivity contribution >= 4 is 6.03 Å². The summed E-state index contributed by atoms with van der Waals surface area (Å²) in [6.07, 6.45) is 4.30. The highest BCUT2D eigenvalue weighted by molar-refractivity contribution is 5.74. The van der Waals surface area contributed by atoms with E-state index in [0.29, 0.717) is 6.61 Å². The molecule has 24 heavy (non-hydrogen) atoms. The molecule has 3 rings (SSSR count). The van der Waals surface area contributed by atoms with Crippen LogP contribution in [-0.4, -0.2) is 28.2 Å². The summed E-state index contributed by atoms with van der Waals surface area (Å²) < 4.78 is 7.87. The maximum atomic E-state index is 12.3. The molecule has 2 amide bonds. The number of rotatable bonds is 5. The summed E-state index contributed by atoms with van der Waals surface area (Å²) in [6, 6.07) is 9.61. The molecule has 1 aliphatic rings. The third kappa shape index (κ3) is 3.59. The van der Waals surface area contributed by atoms with E-state index in [9.17, 15) is 4.79 Å². The minimum atomic E-state index is -0.197. The number of aryl methyl sites for hydroxylation is 1. The molecule has 0 saturated carbocycles. The molecule has 2 N–H and O–H groups in total. The van der Waals surface area contributed by atoms with Gasteiger partial charge >= 0.3 is 6.03 Å². The van der Waals surface area contributed by atoms with Gasteiger partial charge in [-0.2, -0.15) is 0 Å². The standard InChI is InChI=1S/C18H24N4O2/c1-3-22-11-10-19-17(22)16-15(9-12-24-16)21-18(23)20-13(2)14-7-5-4-6-8-14/h4-8,10-11,13,15-16H,3,9,12H2,1-2H3,(H2,20,21,23)/t13-,15+,16+/m1/s1. The Labute approximate surface area is 142 Å². The topological polar surface area (TPSA) is 68.2 Å². The first kappa shape index (κ1) is 16.5. The fraction of sp³-hybridized carbons (Fsp3) is 0.444. The minimum Gasteiger partial charge on any atom is -0.368 e. The van der Waals surface area contributed by atoms with Crippen LogP contribution in [0.15, 0.2) is 42.7 Å². The lowest BCUT2D eigenvalue weighted by Crippen LogP contribution is -2.44. The first-order chi connectivity index (χ1) is 11.7. The number of aromatic nitrogens is 2. The second-order valence-corrected chi connectivity index (χ2v) is 6.01.